The number of carbonyl (C=O) groups excluding carboxylic acids is 4. The van der Waals surface area contributed by atoms with Crippen molar-refractivity contribution in [3.05, 3.63) is 23.3 Å². The first-order valence-corrected chi connectivity index (χ1v) is 15.6. The highest BCUT2D eigenvalue weighted by Crippen LogP contribution is 2.67. The van der Waals surface area contributed by atoms with Crippen LogP contribution in [0.4, 0.5) is 0 Å². The SMILES string of the molecule is CCCC(C)(C)CC[C@@](C)(CCC(C)(C)[C@]1(C)CC[C@H]2C(C)(C)C(=O)C(C#N)=C[C@]2(C)/C1=C/C(C)=O)C(=O)NNC=O. The summed E-state index contributed by atoms with van der Waals surface area (Å²) in [5.74, 6) is -0.436. The van der Waals surface area contributed by atoms with E-state index >= 15 is 0 Å². The molecule has 42 heavy (non-hydrogen) atoms. The van der Waals surface area contributed by atoms with Crippen molar-refractivity contribution in [1.82, 2.24) is 10.9 Å². The molecule has 0 aromatic carbocycles. The summed E-state index contributed by atoms with van der Waals surface area (Å²) in [6, 6.07) is 2.14. The molecule has 1 saturated carbocycles. The van der Waals surface area contributed by atoms with Gasteiger partial charge in [0, 0.05) is 16.2 Å². The van der Waals surface area contributed by atoms with Crippen LogP contribution in [0.2, 0.25) is 0 Å². The Hall–Kier alpha value is -2.75. The molecule has 2 aliphatic carbocycles. The molecule has 234 valence electrons. The normalized spacial score (nSPS) is 28.1. The predicted octanol–water partition coefficient (Wildman–Crippen LogP) is 7.18. The van der Waals surface area contributed by atoms with Crippen LogP contribution in [0.1, 0.15) is 128 Å². The molecule has 2 amide bonds. The molecule has 0 aromatic rings. The molecule has 0 aliphatic heterocycles. The Bertz CT molecular complexity index is 1190. The Labute approximate surface area is 254 Å². The molecule has 0 heterocycles. The van der Waals surface area contributed by atoms with Gasteiger partial charge in [-0.2, -0.15) is 5.26 Å². The van der Waals surface area contributed by atoms with Crippen LogP contribution < -0.4 is 10.9 Å². The van der Waals surface area contributed by atoms with Gasteiger partial charge in [0.05, 0.1) is 5.57 Å². The maximum absolute atomic E-state index is 13.4. The molecule has 2 aliphatic rings. The van der Waals surface area contributed by atoms with Crippen molar-refractivity contribution in [2.24, 2.45) is 38.4 Å². The minimum atomic E-state index is -0.733. The first-order valence-electron chi connectivity index (χ1n) is 15.6. The first kappa shape index (κ1) is 35.4. The number of hydrogen-bond acceptors (Lipinski definition) is 5. The Morgan fingerprint density at radius 2 is 1.64 bits per heavy atom. The van der Waals surface area contributed by atoms with E-state index in [1.54, 1.807) is 13.0 Å². The monoisotopic (exact) mass is 581 g/mol. The fourth-order valence-corrected chi connectivity index (χ4v) is 7.99. The molecule has 0 unspecified atom stereocenters. The van der Waals surface area contributed by atoms with Gasteiger partial charge in [0.2, 0.25) is 12.3 Å². The molecular weight excluding hydrogens is 526 g/mol. The summed E-state index contributed by atoms with van der Waals surface area (Å²) in [7, 11) is 0. The number of allylic oxidation sites excluding steroid dienone is 4. The van der Waals surface area contributed by atoms with Crippen molar-refractivity contribution >= 4 is 23.9 Å². The van der Waals surface area contributed by atoms with Gasteiger partial charge in [-0.1, -0.05) is 87.3 Å². The highest BCUT2D eigenvalue weighted by Gasteiger charge is 2.61. The molecule has 2 N–H and O–H groups in total. The van der Waals surface area contributed by atoms with Gasteiger partial charge in [0.15, 0.2) is 11.6 Å². The molecule has 0 aromatic heterocycles. The number of nitriles is 1. The van der Waals surface area contributed by atoms with Crippen molar-refractivity contribution in [2.75, 3.05) is 0 Å². The van der Waals surface area contributed by atoms with Crippen LogP contribution >= 0.6 is 0 Å². The van der Waals surface area contributed by atoms with E-state index in [4.69, 9.17) is 0 Å². The van der Waals surface area contributed by atoms with E-state index in [9.17, 15) is 24.4 Å². The third-order valence-electron chi connectivity index (χ3n) is 11.3. The van der Waals surface area contributed by atoms with Crippen molar-refractivity contribution < 1.29 is 19.2 Å². The van der Waals surface area contributed by atoms with Crippen LogP contribution in [0.25, 0.3) is 0 Å². The summed E-state index contributed by atoms with van der Waals surface area (Å²) in [6.07, 6.45) is 10.6. The topological polar surface area (TPSA) is 116 Å². The van der Waals surface area contributed by atoms with E-state index in [0.717, 1.165) is 37.7 Å². The third-order valence-corrected chi connectivity index (χ3v) is 11.3. The van der Waals surface area contributed by atoms with E-state index in [2.05, 4.69) is 65.4 Å². The van der Waals surface area contributed by atoms with Gasteiger partial charge >= 0.3 is 0 Å². The van der Waals surface area contributed by atoms with Crippen molar-refractivity contribution in [3.8, 4) is 6.07 Å². The summed E-state index contributed by atoms with van der Waals surface area (Å²) in [5.41, 5.74) is 3.29. The van der Waals surface area contributed by atoms with Gasteiger partial charge < -0.3 is 0 Å². The zero-order chi connectivity index (χ0) is 32.4. The molecule has 0 bridgehead atoms. The number of ketones is 2. The second-order valence-corrected chi connectivity index (χ2v) is 15.7. The van der Waals surface area contributed by atoms with E-state index < -0.39 is 21.7 Å². The maximum Gasteiger partial charge on any atom is 0.244 e. The van der Waals surface area contributed by atoms with Crippen LogP contribution in [0.3, 0.4) is 0 Å². The summed E-state index contributed by atoms with van der Waals surface area (Å²) in [5, 5.41) is 9.89. The van der Waals surface area contributed by atoms with E-state index in [-0.39, 0.29) is 39.8 Å². The van der Waals surface area contributed by atoms with Crippen LogP contribution in [-0.4, -0.2) is 23.9 Å². The molecule has 4 atom stereocenters. The van der Waals surface area contributed by atoms with Gasteiger partial charge in [-0.05, 0) is 80.1 Å². The highest BCUT2D eigenvalue weighted by molar-refractivity contribution is 6.04. The van der Waals surface area contributed by atoms with Crippen molar-refractivity contribution in [1.29, 1.82) is 5.26 Å². The van der Waals surface area contributed by atoms with Crippen molar-refractivity contribution in [3.63, 3.8) is 0 Å². The minimum Gasteiger partial charge on any atom is -0.295 e. The first-order chi connectivity index (χ1) is 19.2. The number of Topliss-reactive ketones (excluding diaryl/α,β-unsaturated/α-hetero) is 1. The van der Waals surface area contributed by atoms with Gasteiger partial charge in [-0.3, -0.25) is 30.0 Å². The fourth-order valence-electron chi connectivity index (χ4n) is 7.99. The number of nitrogens with one attached hydrogen (secondary N) is 2. The Kier molecular flexibility index (Phi) is 10.5. The number of amides is 2. The quantitative estimate of drug-likeness (QED) is 0.136. The zero-order valence-corrected chi connectivity index (χ0v) is 28.0. The average molecular weight is 582 g/mol. The maximum atomic E-state index is 13.4. The predicted molar refractivity (Wildman–Crippen MR) is 167 cm³/mol. The molecule has 7 heteroatoms. The van der Waals surface area contributed by atoms with Gasteiger partial charge in [0.25, 0.3) is 0 Å². The average Bonchev–Trinajstić information content (AvgIpc) is 2.89. The fraction of sp³-hybridized carbons (Fsp3) is 0.743. The standard InChI is InChI=1S/C35H55N3O4/c1-12-14-30(3,4)16-18-33(9,29(42)38-37-23-39)19-17-31(5,6)35(11)15-13-26-32(7,8)28(41)25(22-36)21-34(26,10)27(35)20-24(2)40/h20-21,23,26H,12-19H2,1-11H3,(H,37,39)(H,38,42)/b27-20-/t26-,33-,34-,35+/m0/s1. The molecule has 0 radical (unpaired) electrons. The van der Waals surface area contributed by atoms with Crippen LogP contribution in [0.5, 0.6) is 0 Å². The molecule has 1 fully saturated rings. The summed E-state index contributed by atoms with van der Waals surface area (Å²) >= 11 is 0. The minimum absolute atomic E-state index is 0.0460. The lowest BCUT2D eigenvalue weighted by molar-refractivity contribution is -0.134. The summed E-state index contributed by atoms with van der Waals surface area (Å²) in [4.78, 5) is 50.4. The Balaban J connectivity index is 2.56. The zero-order valence-electron chi connectivity index (χ0n) is 28.0. The number of fused-ring (bicyclic) bond motifs is 1. The number of carbonyl (C=O) groups is 4. The smallest absolute Gasteiger partial charge is 0.244 e. The lowest BCUT2D eigenvalue weighted by Gasteiger charge is -2.61. The third kappa shape index (κ3) is 6.74. The lowest BCUT2D eigenvalue weighted by atomic mass is 9.42. The van der Waals surface area contributed by atoms with E-state index in [1.165, 1.54) is 0 Å². The van der Waals surface area contributed by atoms with E-state index in [1.807, 2.05) is 26.8 Å². The molecule has 2 rings (SSSR count). The van der Waals surface area contributed by atoms with Crippen molar-refractivity contribution in [2.45, 2.75) is 128 Å². The summed E-state index contributed by atoms with van der Waals surface area (Å²) in [6.45, 7) is 22.8. The number of hydrazine groups is 1. The number of rotatable bonds is 13. The van der Waals surface area contributed by atoms with Gasteiger partial charge in [-0.15, -0.1) is 0 Å². The molecule has 0 saturated heterocycles. The Morgan fingerprint density at radius 3 is 2.17 bits per heavy atom. The van der Waals surface area contributed by atoms with Crippen LogP contribution in [0, 0.1) is 49.7 Å². The van der Waals surface area contributed by atoms with Crippen LogP contribution in [-0.2, 0) is 19.2 Å². The highest BCUT2D eigenvalue weighted by atomic mass is 16.2. The largest absolute Gasteiger partial charge is 0.295 e. The summed E-state index contributed by atoms with van der Waals surface area (Å²) < 4.78 is 0. The van der Waals surface area contributed by atoms with Gasteiger partial charge in [0.1, 0.15) is 6.07 Å². The number of nitrogens with zero attached hydrogens (tertiary/aromatic N) is 1. The molecule has 7 nitrogen and oxygen atoms in total. The second kappa shape index (κ2) is 12.5. The second-order valence-electron chi connectivity index (χ2n) is 15.7. The lowest BCUT2D eigenvalue weighted by Crippen LogP contribution is -2.56. The van der Waals surface area contributed by atoms with E-state index in [0.29, 0.717) is 25.7 Å². The Morgan fingerprint density at radius 1 is 1.05 bits per heavy atom. The van der Waals surface area contributed by atoms with Gasteiger partial charge in [-0.25, -0.2) is 0 Å². The molecule has 0 spiro atoms. The van der Waals surface area contributed by atoms with Crippen LogP contribution in [0.15, 0.2) is 23.3 Å². The number of hydrogen-bond donors (Lipinski definition) is 2. The molecular formula is C35H55N3O4.